The molecule has 0 aliphatic heterocycles. The topological polar surface area (TPSA) is 74.7 Å². The summed E-state index contributed by atoms with van der Waals surface area (Å²) < 4.78 is 16.6. The number of thiophene rings is 1. The molecule has 5 nitrogen and oxygen atoms in total. The number of aryl methyl sites for hydroxylation is 1. The smallest absolute Gasteiger partial charge is 0.212 e. The lowest BCUT2D eigenvalue weighted by Gasteiger charge is -2.10. The van der Waals surface area contributed by atoms with Gasteiger partial charge in [0.05, 0.1) is 19.8 Å². The third-order valence-corrected chi connectivity index (χ3v) is 4.42. The van der Waals surface area contributed by atoms with Crippen LogP contribution in [0.1, 0.15) is 4.88 Å². The second kappa shape index (κ2) is 5.38. The van der Waals surface area contributed by atoms with Gasteiger partial charge in [-0.05, 0) is 30.7 Å². The Hall–Kier alpha value is -2.47. The summed E-state index contributed by atoms with van der Waals surface area (Å²) >= 11 is 1.40. The van der Waals surface area contributed by atoms with Crippen molar-refractivity contribution in [3.63, 3.8) is 0 Å². The summed E-state index contributed by atoms with van der Waals surface area (Å²) in [5, 5.41) is 0. The van der Waals surface area contributed by atoms with E-state index in [1.54, 1.807) is 32.4 Å². The van der Waals surface area contributed by atoms with Gasteiger partial charge in [0.25, 0.3) is 0 Å². The number of ether oxygens (including phenoxy) is 2. The van der Waals surface area contributed by atoms with E-state index in [0.29, 0.717) is 32.9 Å². The van der Waals surface area contributed by atoms with Gasteiger partial charge in [0.15, 0.2) is 17.1 Å². The highest BCUT2D eigenvalue weighted by molar-refractivity contribution is 7.18. The monoisotopic (exact) mass is 317 g/mol. The number of rotatable bonds is 3. The molecule has 0 fully saturated rings. The van der Waals surface area contributed by atoms with Crippen LogP contribution in [-0.4, -0.2) is 14.2 Å². The third kappa shape index (κ3) is 2.21. The van der Waals surface area contributed by atoms with E-state index in [9.17, 15) is 4.79 Å². The second-order valence-electron chi connectivity index (χ2n) is 4.79. The Balaban J connectivity index is 2.28. The Labute approximate surface area is 130 Å². The van der Waals surface area contributed by atoms with E-state index in [2.05, 4.69) is 0 Å². The minimum atomic E-state index is -0.135. The Morgan fingerprint density at radius 2 is 1.86 bits per heavy atom. The molecule has 0 unspecified atom stereocenters. The van der Waals surface area contributed by atoms with E-state index in [4.69, 9.17) is 19.6 Å². The maximum atomic E-state index is 12.7. The fraction of sp³-hybridized carbons (Fsp3) is 0.188. The molecule has 114 valence electrons. The Morgan fingerprint density at radius 1 is 1.14 bits per heavy atom. The number of fused-ring (bicyclic) bond motifs is 1. The summed E-state index contributed by atoms with van der Waals surface area (Å²) in [6.07, 6.45) is 0. The molecule has 0 radical (unpaired) electrons. The van der Waals surface area contributed by atoms with Crippen LogP contribution < -0.4 is 20.6 Å². The molecule has 0 saturated heterocycles. The van der Waals surface area contributed by atoms with Crippen LogP contribution in [0.4, 0.5) is 5.88 Å². The normalized spacial score (nSPS) is 10.9. The van der Waals surface area contributed by atoms with Crippen molar-refractivity contribution in [2.24, 2.45) is 0 Å². The van der Waals surface area contributed by atoms with Gasteiger partial charge in [0, 0.05) is 4.88 Å². The summed E-state index contributed by atoms with van der Waals surface area (Å²) in [6, 6.07) is 7.02. The molecule has 0 saturated carbocycles. The zero-order valence-corrected chi connectivity index (χ0v) is 13.2. The lowest BCUT2D eigenvalue weighted by molar-refractivity contribution is 0.355. The highest BCUT2D eigenvalue weighted by Gasteiger charge is 2.17. The Kier molecular flexibility index (Phi) is 3.54. The highest BCUT2D eigenvalue weighted by atomic mass is 32.1. The minimum Gasteiger partial charge on any atom is -0.493 e. The van der Waals surface area contributed by atoms with Crippen molar-refractivity contribution >= 4 is 27.5 Å². The summed E-state index contributed by atoms with van der Waals surface area (Å²) in [4.78, 5) is 13.7. The molecule has 3 aromatic rings. The molecule has 2 heterocycles. The second-order valence-corrected chi connectivity index (χ2v) is 6.05. The SMILES string of the molecule is COc1ccc(-c2c(N)oc3cc(C)sc3c2=O)cc1OC. The fourth-order valence-corrected chi connectivity index (χ4v) is 3.27. The van der Waals surface area contributed by atoms with Crippen LogP contribution in [0, 0.1) is 6.92 Å². The van der Waals surface area contributed by atoms with Crippen molar-refractivity contribution in [1.82, 2.24) is 0 Å². The van der Waals surface area contributed by atoms with Crippen LogP contribution in [0.3, 0.4) is 0 Å². The van der Waals surface area contributed by atoms with E-state index >= 15 is 0 Å². The molecule has 6 heteroatoms. The van der Waals surface area contributed by atoms with E-state index < -0.39 is 0 Å². The number of anilines is 1. The van der Waals surface area contributed by atoms with Gasteiger partial charge >= 0.3 is 0 Å². The molecule has 0 aliphatic rings. The van der Waals surface area contributed by atoms with Crippen molar-refractivity contribution in [2.75, 3.05) is 20.0 Å². The van der Waals surface area contributed by atoms with Gasteiger partial charge in [0.2, 0.25) is 11.3 Å². The third-order valence-electron chi connectivity index (χ3n) is 3.39. The number of hydrogen-bond acceptors (Lipinski definition) is 6. The molecule has 3 rings (SSSR count). The first-order valence-corrected chi connectivity index (χ1v) is 7.42. The standard InChI is InChI=1S/C16H15NO4S/c1-8-6-12-15(22-8)14(18)13(16(17)21-12)9-4-5-10(19-2)11(7-9)20-3/h4-7H,17H2,1-3H3. The van der Waals surface area contributed by atoms with E-state index in [1.807, 2.05) is 13.0 Å². The number of benzene rings is 1. The zero-order chi connectivity index (χ0) is 15.9. The zero-order valence-electron chi connectivity index (χ0n) is 12.4. The number of nitrogens with two attached hydrogens (primary N) is 1. The van der Waals surface area contributed by atoms with Crippen LogP contribution in [0.5, 0.6) is 11.5 Å². The van der Waals surface area contributed by atoms with Crippen molar-refractivity contribution < 1.29 is 13.9 Å². The van der Waals surface area contributed by atoms with E-state index in [0.717, 1.165) is 4.88 Å². The van der Waals surface area contributed by atoms with Gasteiger partial charge in [-0.1, -0.05) is 6.07 Å². The molecule has 22 heavy (non-hydrogen) atoms. The molecule has 0 bridgehead atoms. The minimum absolute atomic E-state index is 0.0996. The lowest BCUT2D eigenvalue weighted by Crippen LogP contribution is -2.07. The van der Waals surface area contributed by atoms with Crippen LogP contribution in [0.2, 0.25) is 0 Å². The van der Waals surface area contributed by atoms with Crippen molar-refractivity contribution in [3.8, 4) is 22.6 Å². The first-order chi connectivity index (χ1) is 10.5. The van der Waals surface area contributed by atoms with Crippen molar-refractivity contribution in [2.45, 2.75) is 6.92 Å². The molecule has 1 aromatic carbocycles. The van der Waals surface area contributed by atoms with E-state index in [1.165, 1.54) is 11.3 Å². The molecule has 2 aromatic heterocycles. The van der Waals surface area contributed by atoms with Crippen molar-refractivity contribution in [3.05, 3.63) is 39.4 Å². The summed E-state index contributed by atoms with van der Waals surface area (Å²) in [5.74, 6) is 1.21. The van der Waals surface area contributed by atoms with Gasteiger partial charge < -0.3 is 19.6 Å². The highest BCUT2D eigenvalue weighted by Crippen LogP contribution is 2.35. The van der Waals surface area contributed by atoms with Crippen LogP contribution in [0.25, 0.3) is 21.4 Å². The van der Waals surface area contributed by atoms with Crippen LogP contribution >= 0.6 is 11.3 Å². The summed E-state index contributed by atoms with van der Waals surface area (Å²) in [5.41, 5.74) is 7.32. The molecule has 0 amide bonds. The molecule has 2 N–H and O–H groups in total. The quantitative estimate of drug-likeness (QED) is 0.801. The predicted octanol–water partition coefficient (Wildman–Crippen LogP) is 3.43. The van der Waals surface area contributed by atoms with Crippen LogP contribution in [-0.2, 0) is 0 Å². The maximum Gasteiger partial charge on any atom is 0.212 e. The fourth-order valence-electron chi connectivity index (χ4n) is 2.38. The van der Waals surface area contributed by atoms with Gasteiger partial charge in [-0.2, -0.15) is 0 Å². The molecule has 0 aliphatic carbocycles. The molecule has 0 atom stereocenters. The average Bonchev–Trinajstić information content (AvgIpc) is 2.87. The largest absolute Gasteiger partial charge is 0.493 e. The lowest BCUT2D eigenvalue weighted by atomic mass is 10.1. The van der Waals surface area contributed by atoms with Gasteiger partial charge in [0.1, 0.15) is 4.70 Å². The summed E-state index contributed by atoms with van der Waals surface area (Å²) in [6.45, 7) is 1.92. The Bertz CT molecular complexity index is 910. The maximum absolute atomic E-state index is 12.7. The van der Waals surface area contributed by atoms with Gasteiger partial charge in [-0.25, -0.2) is 0 Å². The molecular weight excluding hydrogens is 302 g/mol. The average molecular weight is 317 g/mol. The van der Waals surface area contributed by atoms with E-state index in [-0.39, 0.29) is 11.3 Å². The first kappa shape index (κ1) is 14.5. The molecule has 0 spiro atoms. The number of methoxy groups -OCH3 is 2. The van der Waals surface area contributed by atoms with Crippen LogP contribution in [0.15, 0.2) is 33.5 Å². The van der Waals surface area contributed by atoms with Gasteiger partial charge in [-0.15, -0.1) is 11.3 Å². The number of nitrogen functional groups attached to an aromatic ring is 1. The Morgan fingerprint density at radius 3 is 2.55 bits per heavy atom. The molecular formula is C16H15NO4S. The number of hydrogen-bond donors (Lipinski definition) is 1. The van der Waals surface area contributed by atoms with Gasteiger partial charge in [-0.3, -0.25) is 4.79 Å². The van der Waals surface area contributed by atoms with Crippen molar-refractivity contribution in [1.29, 1.82) is 0 Å². The predicted molar refractivity (Wildman–Crippen MR) is 88.1 cm³/mol. The summed E-state index contributed by atoms with van der Waals surface area (Å²) in [7, 11) is 3.10. The first-order valence-electron chi connectivity index (χ1n) is 6.60.